The molecule has 2 aromatic rings. The van der Waals surface area contributed by atoms with E-state index in [2.05, 4.69) is 4.98 Å². The predicted octanol–water partition coefficient (Wildman–Crippen LogP) is 4.38. The molecule has 0 spiro atoms. The fourth-order valence-corrected chi connectivity index (χ4v) is 2.84. The van der Waals surface area contributed by atoms with Gasteiger partial charge in [-0.05, 0) is 39.3 Å². The number of aromatic nitrogens is 1. The zero-order chi connectivity index (χ0) is 17.9. The zero-order valence-corrected chi connectivity index (χ0v) is 14.9. The molecule has 1 aromatic heterocycles. The number of benzene rings is 1. The fourth-order valence-electron chi connectivity index (χ4n) is 2.55. The van der Waals surface area contributed by atoms with Crippen LogP contribution in [-0.4, -0.2) is 23.5 Å². The molecule has 1 heterocycles. The average molecular weight is 350 g/mol. The summed E-state index contributed by atoms with van der Waals surface area (Å²) in [4.78, 5) is 27.4. The molecule has 5 nitrogen and oxygen atoms in total. The predicted molar refractivity (Wildman–Crippen MR) is 91.5 cm³/mol. The highest BCUT2D eigenvalue weighted by molar-refractivity contribution is 6.31. The number of halogens is 1. The molecule has 0 fully saturated rings. The van der Waals surface area contributed by atoms with Crippen molar-refractivity contribution in [3.05, 3.63) is 57.4 Å². The molecule has 0 aliphatic rings. The first-order chi connectivity index (χ1) is 11.4. The molecular formula is C18H20ClNO4. The molecule has 6 heteroatoms. The normalized spacial score (nSPS) is 11.9. The maximum atomic E-state index is 12.5. The summed E-state index contributed by atoms with van der Waals surface area (Å²) in [5.74, 6) is -1.000. The van der Waals surface area contributed by atoms with Crippen molar-refractivity contribution in [1.29, 1.82) is 0 Å². The van der Waals surface area contributed by atoms with E-state index in [1.807, 2.05) is 12.1 Å². The Morgan fingerprint density at radius 1 is 1.21 bits per heavy atom. The van der Waals surface area contributed by atoms with E-state index >= 15 is 0 Å². The number of carbonyl (C=O) groups excluding carboxylic acids is 2. The number of H-pyrrole nitrogens is 1. The Kier molecular flexibility index (Phi) is 5.67. The van der Waals surface area contributed by atoms with E-state index in [0.717, 1.165) is 5.56 Å². The molecule has 1 aromatic carbocycles. The maximum Gasteiger partial charge on any atom is 0.355 e. The van der Waals surface area contributed by atoms with Crippen molar-refractivity contribution in [3.8, 4) is 0 Å². The lowest BCUT2D eigenvalue weighted by Gasteiger charge is -2.15. The summed E-state index contributed by atoms with van der Waals surface area (Å²) in [6.07, 6.45) is -0.508. The Bertz CT molecular complexity index is 766. The molecule has 0 saturated heterocycles. The Morgan fingerprint density at radius 2 is 1.88 bits per heavy atom. The summed E-state index contributed by atoms with van der Waals surface area (Å²) in [6.45, 7) is 7.14. The topological polar surface area (TPSA) is 68.4 Å². The molecule has 24 heavy (non-hydrogen) atoms. The quantitative estimate of drug-likeness (QED) is 0.813. The third-order valence-electron chi connectivity index (χ3n) is 3.75. The maximum absolute atomic E-state index is 12.5. The van der Waals surface area contributed by atoms with E-state index in [0.29, 0.717) is 21.8 Å². The molecule has 0 aliphatic heterocycles. The molecule has 1 N–H and O–H groups in total. The van der Waals surface area contributed by atoms with Crippen molar-refractivity contribution in [3.63, 3.8) is 0 Å². The number of ether oxygens (including phenoxy) is 2. The summed E-state index contributed by atoms with van der Waals surface area (Å²) >= 11 is 6.13. The van der Waals surface area contributed by atoms with Crippen LogP contribution in [-0.2, 0) is 9.47 Å². The summed E-state index contributed by atoms with van der Waals surface area (Å²) in [5.41, 5.74) is 2.42. The Labute approximate surface area is 145 Å². The van der Waals surface area contributed by atoms with Crippen LogP contribution in [0.1, 0.15) is 57.6 Å². The average Bonchev–Trinajstić information content (AvgIpc) is 2.82. The van der Waals surface area contributed by atoms with Crippen LogP contribution in [0.4, 0.5) is 0 Å². The molecule has 0 bridgehead atoms. The van der Waals surface area contributed by atoms with Gasteiger partial charge in [0.05, 0.1) is 12.2 Å². The summed E-state index contributed by atoms with van der Waals surface area (Å²) in [6, 6.07) is 7.19. The van der Waals surface area contributed by atoms with Crippen molar-refractivity contribution in [2.24, 2.45) is 0 Å². The van der Waals surface area contributed by atoms with Gasteiger partial charge >= 0.3 is 11.9 Å². The van der Waals surface area contributed by atoms with Gasteiger partial charge in [0.15, 0.2) is 0 Å². The van der Waals surface area contributed by atoms with Gasteiger partial charge in [-0.1, -0.05) is 29.8 Å². The van der Waals surface area contributed by atoms with Crippen LogP contribution in [0.5, 0.6) is 0 Å². The smallest absolute Gasteiger partial charge is 0.355 e. The Morgan fingerprint density at radius 3 is 2.50 bits per heavy atom. The SMILES string of the molecule is CCOC(=O)c1[nH]c(C)c(C(=O)O[C@@H](C)c2ccccc2Cl)c1C. The van der Waals surface area contributed by atoms with Gasteiger partial charge in [0.1, 0.15) is 11.8 Å². The third kappa shape index (κ3) is 3.62. The molecule has 0 saturated carbocycles. The molecule has 0 amide bonds. The summed E-state index contributed by atoms with van der Waals surface area (Å²) < 4.78 is 10.5. The fraction of sp³-hybridized carbons (Fsp3) is 0.333. The minimum Gasteiger partial charge on any atom is -0.461 e. The largest absolute Gasteiger partial charge is 0.461 e. The van der Waals surface area contributed by atoms with E-state index < -0.39 is 18.0 Å². The highest BCUT2D eigenvalue weighted by atomic mass is 35.5. The van der Waals surface area contributed by atoms with Gasteiger partial charge in [-0.2, -0.15) is 0 Å². The zero-order valence-electron chi connectivity index (χ0n) is 14.1. The number of rotatable bonds is 5. The monoisotopic (exact) mass is 349 g/mol. The molecule has 128 valence electrons. The van der Waals surface area contributed by atoms with Gasteiger partial charge in [0.2, 0.25) is 0 Å². The van der Waals surface area contributed by atoms with Crippen LogP contribution < -0.4 is 0 Å². The van der Waals surface area contributed by atoms with Crippen LogP contribution in [0.25, 0.3) is 0 Å². The number of hydrogen-bond donors (Lipinski definition) is 1. The molecule has 0 radical (unpaired) electrons. The summed E-state index contributed by atoms with van der Waals surface area (Å²) in [5, 5.41) is 0.535. The van der Waals surface area contributed by atoms with E-state index in [9.17, 15) is 9.59 Å². The van der Waals surface area contributed by atoms with Crippen molar-refractivity contribution >= 4 is 23.5 Å². The van der Waals surface area contributed by atoms with Gasteiger partial charge in [-0.3, -0.25) is 0 Å². The van der Waals surface area contributed by atoms with Crippen molar-refractivity contribution in [2.75, 3.05) is 6.61 Å². The highest BCUT2D eigenvalue weighted by Crippen LogP contribution is 2.27. The second kappa shape index (κ2) is 7.53. The number of hydrogen-bond acceptors (Lipinski definition) is 4. The third-order valence-corrected chi connectivity index (χ3v) is 4.09. The lowest BCUT2D eigenvalue weighted by atomic mass is 10.1. The molecule has 2 rings (SSSR count). The molecule has 1 atom stereocenters. The van der Waals surface area contributed by atoms with Crippen LogP contribution in [0.3, 0.4) is 0 Å². The van der Waals surface area contributed by atoms with Gasteiger partial charge in [0, 0.05) is 16.3 Å². The highest BCUT2D eigenvalue weighted by Gasteiger charge is 2.25. The van der Waals surface area contributed by atoms with Crippen molar-refractivity contribution in [2.45, 2.75) is 33.8 Å². The lowest BCUT2D eigenvalue weighted by Crippen LogP contribution is -2.12. The van der Waals surface area contributed by atoms with Gasteiger partial charge in [-0.25, -0.2) is 9.59 Å². The first kappa shape index (κ1) is 18.1. The number of carbonyl (C=O) groups is 2. The van der Waals surface area contributed by atoms with Crippen molar-refractivity contribution < 1.29 is 19.1 Å². The van der Waals surface area contributed by atoms with Crippen LogP contribution >= 0.6 is 11.6 Å². The number of aryl methyl sites for hydroxylation is 1. The second-order valence-electron chi connectivity index (χ2n) is 5.41. The number of esters is 2. The standard InChI is InChI=1S/C18H20ClNO4/c1-5-23-18(22)16-10(2)15(11(3)20-16)17(21)24-12(4)13-8-6-7-9-14(13)19/h6-9,12,20H,5H2,1-4H3/t12-/m0/s1. The van der Waals surface area contributed by atoms with E-state index in [1.165, 1.54) is 0 Å². The Balaban J connectivity index is 2.24. The van der Waals surface area contributed by atoms with Crippen molar-refractivity contribution in [1.82, 2.24) is 4.98 Å². The second-order valence-corrected chi connectivity index (χ2v) is 5.82. The van der Waals surface area contributed by atoms with E-state index in [-0.39, 0.29) is 12.3 Å². The number of nitrogens with one attached hydrogen (secondary N) is 1. The van der Waals surface area contributed by atoms with Crippen LogP contribution in [0.2, 0.25) is 5.02 Å². The molecule has 0 unspecified atom stereocenters. The van der Waals surface area contributed by atoms with Crippen LogP contribution in [0.15, 0.2) is 24.3 Å². The molecule has 0 aliphatic carbocycles. The minimum atomic E-state index is -0.510. The first-order valence-electron chi connectivity index (χ1n) is 7.68. The van der Waals surface area contributed by atoms with Gasteiger partial charge < -0.3 is 14.5 Å². The lowest BCUT2D eigenvalue weighted by molar-refractivity contribution is 0.0336. The molecular weight excluding hydrogens is 330 g/mol. The van der Waals surface area contributed by atoms with Crippen LogP contribution in [0, 0.1) is 13.8 Å². The van der Waals surface area contributed by atoms with E-state index in [1.54, 1.807) is 39.8 Å². The van der Waals surface area contributed by atoms with E-state index in [4.69, 9.17) is 21.1 Å². The van der Waals surface area contributed by atoms with Gasteiger partial charge in [0.25, 0.3) is 0 Å². The summed E-state index contributed by atoms with van der Waals surface area (Å²) in [7, 11) is 0. The van der Waals surface area contributed by atoms with Gasteiger partial charge in [-0.15, -0.1) is 0 Å². The minimum absolute atomic E-state index is 0.264. The first-order valence-corrected chi connectivity index (χ1v) is 8.06. The Hall–Kier alpha value is -2.27. The number of aromatic amines is 1.